The maximum atomic E-state index is 13.8. The Morgan fingerprint density at radius 2 is 2.25 bits per heavy atom. The van der Waals surface area contributed by atoms with Gasteiger partial charge in [-0.15, -0.1) is 11.3 Å². The highest BCUT2D eigenvalue weighted by atomic mass is 79.9. The van der Waals surface area contributed by atoms with Gasteiger partial charge in [0.15, 0.2) is 10.8 Å². The predicted molar refractivity (Wildman–Crippen MR) is 120 cm³/mol. The van der Waals surface area contributed by atoms with E-state index in [1.54, 1.807) is 24.1 Å². The summed E-state index contributed by atoms with van der Waals surface area (Å²) in [7, 11) is 0. The van der Waals surface area contributed by atoms with Crippen molar-refractivity contribution in [1.82, 2.24) is 15.2 Å². The standard InChI is InChI=1S/C21H20BrFN4O4S/c1-2-31-21(30)16-14(10-27-7-5-15(27)20(28)29)25-18(19-24-6-8-32-19)26-17(16)12-4-3-11(23)9-13(12)22/h3-4,6,8-9,15,17H,2,5,7,10H2,1H3,(H,25,26)(H,28,29)/t15?,17-/m0/s1. The van der Waals surface area contributed by atoms with Crippen molar-refractivity contribution in [3.05, 3.63) is 61.9 Å². The number of carboxylic acids is 1. The zero-order chi connectivity index (χ0) is 22.8. The summed E-state index contributed by atoms with van der Waals surface area (Å²) in [6.45, 7) is 2.66. The fourth-order valence-corrected chi connectivity index (χ4v) is 4.84. The van der Waals surface area contributed by atoms with Crippen LogP contribution in [0.1, 0.15) is 30.0 Å². The zero-order valence-electron chi connectivity index (χ0n) is 17.0. The first kappa shape index (κ1) is 22.6. The van der Waals surface area contributed by atoms with Crippen LogP contribution >= 0.6 is 27.3 Å². The Balaban J connectivity index is 1.82. The lowest BCUT2D eigenvalue weighted by Gasteiger charge is -2.39. The van der Waals surface area contributed by atoms with E-state index in [1.165, 1.54) is 23.5 Å². The van der Waals surface area contributed by atoms with Crippen LogP contribution in [0.25, 0.3) is 0 Å². The van der Waals surface area contributed by atoms with Crippen LogP contribution in [0.15, 0.2) is 50.5 Å². The van der Waals surface area contributed by atoms with Gasteiger partial charge in [-0.2, -0.15) is 0 Å². The van der Waals surface area contributed by atoms with Gasteiger partial charge in [0.05, 0.1) is 12.2 Å². The molecule has 0 radical (unpaired) electrons. The van der Waals surface area contributed by atoms with Crippen molar-refractivity contribution in [2.75, 3.05) is 19.7 Å². The number of carboxylic acid groups (broad SMARTS) is 1. The lowest BCUT2D eigenvalue weighted by Crippen LogP contribution is -2.54. The van der Waals surface area contributed by atoms with E-state index >= 15 is 0 Å². The highest BCUT2D eigenvalue weighted by molar-refractivity contribution is 9.10. The van der Waals surface area contributed by atoms with E-state index in [1.807, 2.05) is 5.38 Å². The normalized spacial score (nSPS) is 20.9. The molecule has 1 aromatic heterocycles. The van der Waals surface area contributed by atoms with Crippen LogP contribution in [0, 0.1) is 5.82 Å². The number of rotatable bonds is 7. The Morgan fingerprint density at radius 1 is 1.44 bits per heavy atom. The molecule has 0 saturated carbocycles. The number of nitrogens with zero attached hydrogens (tertiary/aromatic N) is 3. The number of hydrogen-bond acceptors (Lipinski definition) is 8. The topological polar surface area (TPSA) is 104 Å². The minimum Gasteiger partial charge on any atom is -0.480 e. The van der Waals surface area contributed by atoms with Crippen molar-refractivity contribution >= 4 is 45.0 Å². The van der Waals surface area contributed by atoms with E-state index in [4.69, 9.17) is 9.73 Å². The zero-order valence-corrected chi connectivity index (χ0v) is 19.5. The number of aliphatic carboxylic acids is 1. The Morgan fingerprint density at radius 3 is 2.84 bits per heavy atom. The molecule has 1 saturated heterocycles. The number of nitrogens with one attached hydrogen (secondary N) is 1. The summed E-state index contributed by atoms with van der Waals surface area (Å²) in [6.07, 6.45) is 2.19. The number of benzene rings is 1. The number of carbonyl (C=O) groups is 2. The van der Waals surface area contributed by atoms with E-state index < -0.39 is 29.8 Å². The number of aromatic nitrogens is 1. The van der Waals surface area contributed by atoms with Gasteiger partial charge in [0, 0.05) is 34.8 Å². The molecular formula is C21H20BrFN4O4S. The quantitative estimate of drug-likeness (QED) is 0.538. The summed E-state index contributed by atoms with van der Waals surface area (Å²) in [4.78, 5) is 35.4. The van der Waals surface area contributed by atoms with Gasteiger partial charge < -0.3 is 15.2 Å². The number of hydrogen-bond donors (Lipinski definition) is 2. The first-order valence-corrected chi connectivity index (χ1v) is 11.6. The average molecular weight is 523 g/mol. The third-order valence-corrected chi connectivity index (χ3v) is 6.76. The Bertz CT molecular complexity index is 1110. The Labute approximate surface area is 195 Å². The second-order valence-corrected chi connectivity index (χ2v) is 8.98. The van der Waals surface area contributed by atoms with Gasteiger partial charge in [-0.25, -0.2) is 14.2 Å². The third kappa shape index (κ3) is 4.45. The van der Waals surface area contributed by atoms with Gasteiger partial charge in [-0.1, -0.05) is 22.0 Å². The molecule has 0 aliphatic carbocycles. The number of thiazole rings is 1. The number of amidine groups is 1. The molecule has 32 heavy (non-hydrogen) atoms. The van der Waals surface area contributed by atoms with Crippen LogP contribution in [0.3, 0.4) is 0 Å². The molecule has 2 aromatic rings. The van der Waals surface area contributed by atoms with Crippen molar-refractivity contribution in [3.63, 3.8) is 0 Å². The minimum absolute atomic E-state index is 0.164. The molecule has 11 heteroatoms. The van der Waals surface area contributed by atoms with Gasteiger partial charge in [0.25, 0.3) is 0 Å². The summed E-state index contributed by atoms with van der Waals surface area (Å²) >= 11 is 4.76. The monoisotopic (exact) mass is 522 g/mol. The summed E-state index contributed by atoms with van der Waals surface area (Å²) in [5.74, 6) is -1.44. The highest BCUT2D eigenvalue weighted by Crippen LogP contribution is 2.37. The number of esters is 1. The lowest BCUT2D eigenvalue weighted by atomic mass is 9.94. The van der Waals surface area contributed by atoms with E-state index in [0.29, 0.717) is 39.5 Å². The second-order valence-electron chi connectivity index (χ2n) is 7.23. The molecule has 0 amide bonds. The van der Waals surface area contributed by atoms with Gasteiger partial charge in [-0.05, 0) is 31.0 Å². The van der Waals surface area contributed by atoms with Crippen LogP contribution in [0.5, 0.6) is 0 Å². The molecule has 1 fully saturated rings. The van der Waals surface area contributed by atoms with Crippen molar-refractivity contribution < 1.29 is 23.8 Å². The van der Waals surface area contributed by atoms with Gasteiger partial charge in [-0.3, -0.25) is 14.7 Å². The molecule has 168 valence electrons. The smallest absolute Gasteiger partial charge is 0.338 e. The number of ether oxygens (including phenoxy) is 1. The molecule has 8 nitrogen and oxygen atoms in total. The minimum atomic E-state index is -0.906. The largest absolute Gasteiger partial charge is 0.480 e. The molecular weight excluding hydrogens is 503 g/mol. The van der Waals surface area contributed by atoms with Crippen molar-refractivity contribution in [2.24, 2.45) is 4.99 Å². The second kappa shape index (κ2) is 9.47. The van der Waals surface area contributed by atoms with E-state index in [2.05, 4.69) is 26.2 Å². The summed E-state index contributed by atoms with van der Waals surface area (Å²) in [6, 6.07) is 2.78. The molecule has 3 heterocycles. The van der Waals surface area contributed by atoms with E-state index in [9.17, 15) is 19.1 Å². The summed E-state index contributed by atoms with van der Waals surface area (Å²) in [5.41, 5.74) is 1.34. The molecule has 0 spiro atoms. The van der Waals surface area contributed by atoms with Crippen LogP contribution < -0.4 is 5.32 Å². The molecule has 0 bridgehead atoms. The molecule has 1 aromatic carbocycles. The van der Waals surface area contributed by atoms with Crippen LogP contribution in [0.2, 0.25) is 0 Å². The predicted octanol–water partition coefficient (Wildman–Crippen LogP) is 3.11. The summed E-state index contributed by atoms with van der Waals surface area (Å²) < 4.78 is 19.5. The molecule has 2 aliphatic heterocycles. The van der Waals surface area contributed by atoms with E-state index in [-0.39, 0.29) is 18.7 Å². The number of halogens is 2. The highest BCUT2D eigenvalue weighted by Gasteiger charge is 2.39. The van der Waals surface area contributed by atoms with Crippen molar-refractivity contribution in [2.45, 2.75) is 25.4 Å². The molecule has 1 unspecified atom stereocenters. The maximum absolute atomic E-state index is 13.8. The fraction of sp³-hybridized carbons (Fsp3) is 0.333. The maximum Gasteiger partial charge on any atom is 0.338 e. The van der Waals surface area contributed by atoms with E-state index in [0.717, 1.165) is 0 Å². The molecule has 2 N–H and O–H groups in total. The first-order chi connectivity index (χ1) is 15.4. The number of likely N-dealkylation sites (tertiary alicyclic amines) is 1. The van der Waals surface area contributed by atoms with Crippen molar-refractivity contribution in [3.8, 4) is 0 Å². The Kier molecular flexibility index (Phi) is 6.68. The van der Waals surface area contributed by atoms with Gasteiger partial charge >= 0.3 is 11.9 Å². The number of carbonyl (C=O) groups excluding carboxylic acids is 1. The molecule has 2 atom stereocenters. The molecule has 2 aliphatic rings. The third-order valence-electron chi connectivity index (χ3n) is 5.29. The molecule has 4 rings (SSSR count). The number of aliphatic imine (C=N–C) groups is 1. The van der Waals surface area contributed by atoms with Gasteiger partial charge in [0.1, 0.15) is 17.9 Å². The van der Waals surface area contributed by atoms with Crippen LogP contribution in [-0.2, 0) is 14.3 Å². The van der Waals surface area contributed by atoms with Gasteiger partial charge in [0.2, 0.25) is 0 Å². The first-order valence-electron chi connectivity index (χ1n) is 9.95. The SMILES string of the molecule is CCOC(=O)C1=C(CN2CCC2C(=O)O)NC(c2nccs2)=N[C@H]1c1ccc(F)cc1Br. The Hall–Kier alpha value is -2.63. The van der Waals surface area contributed by atoms with Crippen LogP contribution in [0.4, 0.5) is 4.39 Å². The van der Waals surface area contributed by atoms with Crippen molar-refractivity contribution in [1.29, 1.82) is 0 Å². The fourth-order valence-electron chi connectivity index (χ4n) is 3.68. The lowest BCUT2D eigenvalue weighted by molar-refractivity contribution is -0.147. The summed E-state index contributed by atoms with van der Waals surface area (Å²) in [5, 5.41) is 15.1. The van der Waals surface area contributed by atoms with Crippen LogP contribution in [-0.4, -0.2) is 58.5 Å². The average Bonchev–Trinajstić information content (AvgIpc) is 3.25.